The van der Waals surface area contributed by atoms with Gasteiger partial charge in [-0.2, -0.15) is 0 Å². The quantitative estimate of drug-likeness (QED) is 0.664. The Hall–Kier alpha value is -1.49. The minimum Gasteiger partial charge on any atom is -0.477 e. The Morgan fingerprint density at radius 1 is 1.50 bits per heavy atom. The number of carboxylic acids is 1. The van der Waals surface area contributed by atoms with Crippen molar-refractivity contribution in [2.45, 2.75) is 5.72 Å². The highest BCUT2D eigenvalue weighted by molar-refractivity contribution is 6.27. The van der Waals surface area contributed by atoms with Crippen molar-refractivity contribution in [3.05, 3.63) is 24.5 Å². The maximum Gasteiger partial charge on any atom is 0.374 e. The third-order valence-corrected chi connectivity index (χ3v) is 1.78. The molecule has 76 valence electrons. The summed E-state index contributed by atoms with van der Waals surface area (Å²) in [5, 5.41) is 11.0. The van der Waals surface area contributed by atoms with Gasteiger partial charge in [-0.3, -0.25) is 4.79 Å². The third-order valence-electron chi connectivity index (χ3n) is 1.54. The number of amides is 1. The number of carboxylic acid groups (broad SMARTS) is 1. The normalized spacial score (nSPS) is 24.1. The van der Waals surface area contributed by atoms with Crippen LogP contribution in [0.4, 0.5) is 0 Å². The van der Waals surface area contributed by atoms with E-state index in [1.54, 1.807) is 0 Å². The number of rotatable bonds is 3. The maximum absolute atomic E-state index is 10.9. The highest BCUT2D eigenvalue weighted by Gasteiger charge is 2.39. The lowest BCUT2D eigenvalue weighted by Gasteiger charge is -2.27. The second-order valence-electron chi connectivity index (χ2n) is 2.53. The Balaban J connectivity index is 2.83. The molecule has 6 heteroatoms. The monoisotopic (exact) mass is 217 g/mol. The molecule has 0 bridgehead atoms. The van der Waals surface area contributed by atoms with E-state index in [2.05, 4.69) is 5.32 Å². The first-order chi connectivity index (χ1) is 6.60. The predicted octanol–water partition coefficient (Wildman–Crippen LogP) is 0.222. The predicted molar refractivity (Wildman–Crippen MR) is 48.6 cm³/mol. The number of allylic oxidation sites excluding steroid dienone is 2. The van der Waals surface area contributed by atoms with Gasteiger partial charge in [-0.25, -0.2) is 4.79 Å². The Kier molecular flexibility index (Phi) is 3.14. The van der Waals surface area contributed by atoms with Gasteiger partial charge in [0.1, 0.15) is 5.88 Å². The van der Waals surface area contributed by atoms with Crippen molar-refractivity contribution in [3.8, 4) is 0 Å². The third kappa shape index (κ3) is 2.05. The summed E-state index contributed by atoms with van der Waals surface area (Å²) in [6.45, 7) is 0. The fourth-order valence-corrected chi connectivity index (χ4v) is 0.976. The molecule has 1 heterocycles. The van der Waals surface area contributed by atoms with Crippen LogP contribution >= 0.6 is 11.6 Å². The molecule has 0 aliphatic carbocycles. The first-order valence-electron chi connectivity index (χ1n) is 3.73. The largest absolute Gasteiger partial charge is 0.477 e. The first kappa shape index (κ1) is 10.6. The first-order valence-corrected chi connectivity index (χ1v) is 4.27. The van der Waals surface area contributed by atoms with Gasteiger partial charge in [0.2, 0.25) is 5.91 Å². The smallest absolute Gasteiger partial charge is 0.374 e. The summed E-state index contributed by atoms with van der Waals surface area (Å²) in [6, 6.07) is 0. The number of nitrogens with one attached hydrogen (secondary N) is 1. The number of aliphatic carboxylic acids is 1. The van der Waals surface area contributed by atoms with Crippen molar-refractivity contribution in [2.75, 3.05) is 5.88 Å². The lowest BCUT2D eigenvalue weighted by molar-refractivity contribution is -0.160. The summed E-state index contributed by atoms with van der Waals surface area (Å²) >= 11 is 5.24. The number of ether oxygens (including phenoxy) is 1. The Bertz CT molecular complexity index is 312. The van der Waals surface area contributed by atoms with Crippen LogP contribution in [0.2, 0.25) is 0 Å². The number of hydrogen-bond donors (Lipinski definition) is 2. The molecule has 1 unspecified atom stereocenters. The lowest BCUT2D eigenvalue weighted by Crippen LogP contribution is -2.55. The van der Waals surface area contributed by atoms with E-state index in [4.69, 9.17) is 21.4 Å². The van der Waals surface area contributed by atoms with Crippen LogP contribution in [0, 0.1) is 0 Å². The summed E-state index contributed by atoms with van der Waals surface area (Å²) in [7, 11) is 0. The molecule has 1 atom stereocenters. The van der Waals surface area contributed by atoms with Crippen molar-refractivity contribution >= 4 is 23.5 Å². The highest BCUT2D eigenvalue weighted by Crippen LogP contribution is 2.14. The summed E-state index contributed by atoms with van der Waals surface area (Å²) < 4.78 is 4.84. The molecule has 0 aromatic heterocycles. The molecule has 0 aromatic carbocycles. The van der Waals surface area contributed by atoms with Crippen molar-refractivity contribution in [3.63, 3.8) is 0 Å². The van der Waals surface area contributed by atoms with Crippen LogP contribution in [-0.4, -0.2) is 28.6 Å². The number of carbonyl (C=O) groups excluding carboxylic acids is 1. The van der Waals surface area contributed by atoms with E-state index >= 15 is 0 Å². The SMILES string of the molecule is O=C(CCl)NC1(C(=O)O)C=CC=CO1. The molecule has 1 amide bonds. The van der Waals surface area contributed by atoms with Crippen molar-refractivity contribution in [1.82, 2.24) is 5.32 Å². The van der Waals surface area contributed by atoms with E-state index in [0.717, 1.165) is 0 Å². The summed E-state index contributed by atoms with van der Waals surface area (Å²) in [6.07, 6.45) is 5.38. The van der Waals surface area contributed by atoms with Gasteiger partial charge in [-0.15, -0.1) is 11.6 Å². The molecule has 0 saturated carbocycles. The number of carbonyl (C=O) groups is 2. The minimum atomic E-state index is -1.83. The van der Waals surface area contributed by atoms with Gasteiger partial charge in [0, 0.05) is 0 Å². The van der Waals surface area contributed by atoms with Crippen LogP contribution in [0.15, 0.2) is 24.5 Å². The molecule has 0 saturated heterocycles. The van der Waals surface area contributed by atoms with Crippen LogP contribution in [0.3, 0.4) is 0 Å². The molecule has 0 fully saturated rings. The molecule has 2 N–H and O–H groups in total. The zero-order chi connectivity index (χ0) is 10.6. The zero-order valence-electron chi connectivity index (χ0n) is 7.07. The van der Waals surface area contributed by atoms with Gasteiger partial charge in [-0.05, 0) is 12.2 Å². The summed E-state index contributed by atoms with van der Waals surface area (Å²) in [5.41, 5.74) is -1.83. The van der Waals surface area contributed by atoms with Crippen molar-refractivity contribution < 1.29 is 19.4 Å². The topological polar surface area (TPSA) is 75.6 Å². The van der Waals surface area contributed by atoms with E-state index in [1.807, 2.05) is 0 Å². The van der Waals surface area contributed by atoms with Crippen LogP contribution < -0.4 is 5.32 Å². The fourth-order valence-electron chi connectivity index (χ4n) is 0.909. The molecular formula is C8H8ClNO4. The molecule has 0 radical (unpaired) electrons. The summed E-state index contributed by atoms with van der Waals surface area (Å²) in [4.78, 5) is 21.8. The Labute approximate surface area is 85.0 Å². The molecule has 0 spiro atoms. The molecule has 1 aliphatic rings. The van der Waals surface area contributed by atoms with Crippen LogP contribution in [0.25, 0.3) is 0 Å². The van der Waals surface area contributed by atoms with Gasteiger partial charge >= 0.3 is 5.97 Å². The number of alkyl halides is 1. The van der Waals surface area contributed by atoms with Crippen LogP contribution in [0.5, 0.6) is 0 Å². The van der Waals surface area contributed by atoms with Gasteiger partial charge in [-0.1, -0.05) is 6.08 Å². The number of hydrogen-bond acceptors (Lipinski definition) is 3. The van der Waals surface area contributed by atoms with E-state index in [-0.39, 0.29) is 5.88 Å². The van der Waals surface area contributed by atoms with Gasteiger partial charge < -0.3 is 15.2 Å². The standard InChI is InChI=1S/C8H8ClNO4/c9-5-6(11)10-8(7(12)13)3-1-2-4-14-8/h1-4H,5H2,(H,10,11)(H,12,13). The van der Waals surface area contributed by atoms with Gasteiger partial charge in [0.05, 0.1) is 6.26 Å². The molecule has 14 heavy (non-hydrogen) atoms. The van der Waals surface area contributed by atoms with Gasteiger partial charge in [0.15, 0.2) is 0 Å². The van der Waals surface area contributed by atoms with E-state index in [9.17, 15) is 9.59 Å². The zero-order valence-corrected chi connectivity index (χ0v) is 7.82. The van der Waals surface area contributed by atoms with E-state index < -0.39 is 17.6 Å². The average Bonchev–Trinajstić information content (AvgIpc) is 2.19. The molecule has 1 rings (SSSR count). The Morgan fingerprint density at radius 3 is 2.64 bits per heavy atom. The second kappa shape index (κ2) is 4.15. The van der Waals surface area contributed by atoms with E-state index in [1.165, 1.54) is 24.5 Å². The minimum absolute atomic E-state index is 0.323. The number of halogens is 1. The average molecular weight is 218 g/mol. The molecule has 5 nitrogen and oxygen atoms in total. The molecule has 1 aliphatic heterocycles. The van der Waals surface area contributed by atoms with E-state index in [0.29, 0.717) is 0 Å². The van der Waals surface area contributed by atoms with Crippen LogP contribution in [-0.2, 0) is 14.3 Å². The highest BCUT2D eigenvalue weighted by atomic mass is 35.5. The summed E-state index contributed by atoms with van der Waals surface area (Å²) in [5.74, 6) is -2.25. The molecule has 0 aromatic rings. The Morgan fingerprint density at radius 2 is 2.21 bits per heavy atom. The molecular weight excluding hydrogens is 210 g/mol. The fraction of sp³-hybridized carbons (Fsp3) is 0.250. The van der Waals surface area contributed by atoms with Crippen molar-refractivity contribution in [1.29, 1.82) is 0 Å². The van der Waals surface area contributed by atoms with Crippen LogP contribution in [0.1, 0.15) is 0 Å². The van der Waals surface area contributed by atoms with Crippen molar-refractivity contribution in [2.24, 2.45) is 0 Å². The second-order valence-corrected chi connectivity index (χ2v) is 2.80. The van der Waals surface area contributed by atoms with Gasteiger partial charge in [0.25, 0.3) is 5.72 Å². The maximum atomic E-state index is 10.9. The lowest BCUT2D eigenvalue weighted by atomic mass is 10.1.